The Kier molecular flexibility index (Phi) is 5.13. The number of terminal acetylenes is 1. The second-order valence-corrected chi connectivity index (χ2v) is 3.32. The molecule has 0 aliphatic heterocycles. The van der Waals surface area contributed by atoms with Crippen molar-refractivity contribution < 1.29 is 4.74 Å². The average Bonchev–Trinajstić information content (AvgIpc) is 2.29. The van der Waals surface area contributed by atoms with Crippen LogP contribution in [0.3, 0.4) is 0 Å². The molecule has 0 radical (unpaired) electrons. The molecule has 1 aromatic rings. The predicted octanol–water partition coefficient (Wildman–Crippen LogP) is 2.01. The molecule has 86 valence electrons. The van der Waals surface area contributed by atoms with Crippen molar-refractivity contribution in [1.82, 2.24) is 9.97 Å². The fourth-order valence-corrected chi connectivity index (χ4v) is 1.29. The van der Waals surface area contributed by atoms with E-state index in [1.165, 1.54) is 6.33 Å². The Morgan fingerprint density at radius 2 is 2.31 bits per heavy atom. The Bertz CT molecular complexity index is 371. The molecule has 0 unspecified atom stereocenters. The Morgan fingerprint density at radius 1 is 1.50 bits per heavy atom. The summed E-state index contributed by atoms with van der Waals surface area (Å²) in [4.78, 5) is 8.23. The first-order valence-electron chi connectivity index (χ1n) is 5.41. The van der Waals surface area contributed by atoms with E-state index < -0.39 is 0 Å². The molecule has 0 aliphatic rings. The van der Waals surface area contributed by atoms with Gasteiger partial charge in [0.1, 0.15) is 12.1 Å². The molecule has 0 aromatic carbocycles. The number of nitrogens with one attached hydrogen (secondary N) is 1. The van der Waals surface area contributed by atoms with E-state index in [4.69, 9.17) is 11.2 Å². The summed E-state index contributed by atoms with van der Waals surface area (Å²) < 4.78 is 5.38. The summed E-state index contributed by atoms with van der Waals surface area (Å²) in [6.07, 6.45) is 8.39. The van der Waals surface area contributed by atoms with Crippen molar-refractivity contribution in [2.45, 2.75) is 26.7 Å². The van der Waals surface area contributed by atoms with Gasteiger partial charge in [-0.3, -0.25) is 0 Å². The molecule has 16 heavy (non-hydrogen) atoms. The van der Waals surface area contributed by atoms with Crippen LogP contribution in [0.5, 0.6) is 5.88 Å². The molecular formula is C12H17N3O. The fraction of sp³-hybridized carbons (Fsp3) is 0.500. The molecule has 0 aliphatic carbocycles. The Balaban J connectivity index is 2.59. The summed E-state index contributed by atoms with van der Waals surface area (Å²) in [5, 5.41) is 3.22. The number of unbranched alkanes of at least 4 members (excludes halogenated alkanes) is 1. The van der Waals surface area contributed by atoms with E-state index in [0.29, 0.717) is 12.5 Å². The van der Waals surface area contributed by atoms with Crippen LogP contribution in [0, 0.1) is 19.3 Å². The van der Waals surface area contributed by atoms with Crippen LogP contribution in [0.25, 0.3) is 0 Å². The molecule has 1 rings (SSSR count). The summed E-state index contributed by atoms with van der Waals surface area (Å²) in [5.74, 6) is 4.05. The molecule has 4 heteroatoms. The van der Waals surface area contributed by atoms with Gasteiger partial charge in [-0.1, -0.05) is 0 Å². The fourth-order valence-electron chi connectivity index (χ4n) is 1.29. The Hall–Kier alpha value is -1.76. The highest BCUT2D eigenvalue weighted by Crippen LogP contribution is 2.19. The van der Waals surface area contributed by atoms with E-state index in [-0.39, 0.29) is 0 Å². The van der Waals surface area contributed by atoms with Crippen LogP contribution in [0.15, 0.2) is 6.33 Å². The minimum atomic E-state index is 0.606. The predicted molar refractivity (Wildman–Crippen MR) is 64.5 cm³/mol. The normalized spacial score (nSPS) is 9.56. The second kappa shape index (κ2) is 6.67. The van der Waals surface area contributed by atoms with Gasteiger partial charge >= 0.3 is 0 Å². The molecular weight excluding hydrogens is 202 g/mol. The van der Waals surface area contributed by atoms with Crippen LogP contribution < -0.4 is 10.1 Å². The number of nitrogens with zero attached hydrogens (tertiary/aromatic N) is 2. The van der Waals surface area contributed by atoms with Crippen molar-refractivity contribution in [3.05, 3.63) is 11.9 Å². The molecule has 1 N–H and O–H groups in total. The zero-order valence-corrected chi connectivity index (χ0v) is 9.79. The first-order chi connectivity index (χ1) is 7.79. The minimum Gasteiger partial charge on any atom is -0.478 e. The number of anilines is 1. The molecule has 0 atom stereocenters. The third-order valence-corrected chi connectivity index (χ3v) is 2.11. The van der Waals surface area contributed by atoms with E-state index in [1.54, 1.807) is 0 Å². The second-order valence-electron chi connectivity index (χ2n) is 3.32. The Labute approximate surface area is 96.5 Å². The first-order valence-corrected chi connectivity index (χ1v) is 5.41. The van der Waals surface area contributed by atoms with E-state index in [9.17, 15) is 0 Å². The van der Waals surface area contributed by atoms with Gasteiger partial charge < -0.3 is 10.1 Å². The van der Waals surface area contributed by atoms with Gasteiger partial charge in [-0.15, -0.1) is 12.3 Å². The van der Waals surface area contributed by atoms with Gasteiger partial charge in [-0.05, 0) is 20.3 Å². The lowest BCUT2D eigenvalue weighted by Gasteiger charge is -2.10. The molecule has 0 bridgehead atoms. The van der Waals surface area contributed by atoms with Crippen LogP contribution in [0.2, 0.25) is 0 Å². The summed E-state index contributed by atoms with van der Waals surface area (Å²) in [6.45, 7) is 5.29. The van der Waals surface area contributed by atoms with Crippen LogP contribution >= 0.6 is 0 Å². The largest absolute Gasteiger partial charge is 0.478 e. The number of hydrogen-bond acceptors (Lipinski definition) is 4. The molecule has 0 amide bonds. The van der Waals surface area contributed by atoms with Crippen molar-refractivity contribution in [1.29, 1.82) is 0 Å². The maximum atomic E-state index is 5.38. The standard InChI is InChI=1S/C12H17N3O/c1-4-6-7-8-13-11-10(3)12(16-5-2)15-9-14-11/h1,9H,5-8H2,2-3H3,(H,13,14,15). The molecule has 0 saturated carbocycles. The van der Waals surface area contributed by atoms with Gasteiger partial charge in [0.2, 0.25) is 5.88 Å². The number of rotatable bonds is 6. The van der Waals surface area contributed by atoms with Crippen molar-refractivity contribution in [3.8, 4) is 18.2 Å². The third-order valence-electron chi connectivity index (χ3n) is 2.11. The van der Waals surface area contributed by atoms with Crippen LogP contribution in [-0.4, -0.2) is 23.1 Å². The molecule has 0 fully saturated rings. The van der Waals surface area contributed by atoms with Crippen molar-refractivity contribution in [2.24, 2.45) is 0 Å². The maximum absolute atomic E-state index is 5.38. The van der Waals surface area contributed by atoms with Crippen molar-refractivity contribution in [3.63, 3.8) is 0 Å². The first kappa shape index (κ1) is 12.3. The number of aromatic nitrogens is 2. The summed E-state index contributed by atoms with van der Waals surface area (Å²) in [6, 6.07) is 0. The topological polar surface area (TPSA) is 47.0 Å². The molecule has 4 nitrogen and oxygen atoms in total. The van der Waals surface area contributed by atoms with Gasteiger partial charge in [0.05, 0.1) is 12.2 Å². The highest BCUT2D eigenvalue weighted by Gasteiger charge is 2.06. The molecule has 0 saturated heterocycles. The van der Waals surface area contributed by atoms with E-state index in [0.717, 1.165) is 30.8 Å². The minimum absolute atomic E-state index is 0.606. The molecule has 1 heterocycles. The Morgan fingerprint density at radius 3 is 3.00 bits per heavy atom. The van der Waals surface area contributed by atoms with E-state index in [1.807, 2.05) is 13.8 Å². The van der Waals surface area contributed by atoms with Crippen molar-refractivity contribution >= 4 is 5.82 Å². The average molecular weight is 219 g/mol. The lowest BCUT2D eigenvalue weighted by Crippen LogP contribution is -2.07. The molecule has 0 spiro atoms. The highest BCUT2D eigenvalue weighted by atomic mass is 16.5. The van der Waals surface area contributed by atoms with Gasteiger partial charge in [0.15, 0.2) is 0 Å². The van der Waals surface area contributed by atoms with Crippen LogP contribution in [0.1, 0.15) is 25.3 Å². The van der Waals surface area contributed by atoms with E-state index >= 15 is 0 Å². The third kappa shape index (κ3) is 3.43. The molecule has 1 aromatic heterocycles. The van der Waals surface area contributed by atoms with Crippen molar-refractivity contribution in [2.75, 3.05) is 18.5 Å². The summed E-state index contributed by atoms with van der Waals surface area (Å²) in [5.41, 5.74) is 0.935. The lowest BCUT2D eigenvalue weighted by atomic mass is 10.3. The summed E-state index contributed by atoms with van der Waals surface area (Å²) >= 11 is 0. The zero-order valence-electron chi connectivity index (χ0n) is 9.79. The maximum Gasteiger partial charge on any atom is 0.221 e. The van der Waals surface area contributed by atoms with Gasteiger partial charge in [0.25, 0.3) is 0 Å². The SMILES string of the molecule is C#CCCCNc1ncnc(OCC)c1C. The number of hydrogen-bond donors (Lipinski definition) is 1. The lowest BCUT2D eigenvalue weighted by molar-refractivity contribution is 0.324. The quantitative estimate of drug-likeness (QED) is 0.587. The van der Waals surface area contributed by atoms with Crippen LogP contribution in [-0.2, 0) is 0 Å². The number of ether oxygens (including phenoxy) is 1. The van der Waals surface area contributed by atoms with Crippen LogP contribution in [0.4, 0.5) is 5.82 Å². The highest BCUT2D eigenvalue weighted by molar-refractivity contribution is 5.47. The summed E-state index contributed by atoms with van der Waals surface area (Å²) in [7, 11) is 0. The van der Waals surface area contributed by atoms with E-state index in [2.05, 4.69) is 21.2 Å². The monoisotopic (exact) mass is 219 g/mol. The smallest absolute Gasteiger partial charge is 0.221 e. The van der Waals surface area contributed by atoms with Gasteiger partial charge in [0, 0.05) is 13.0 Å². The van der Waals surface area contributed by atoms with Gasteiger partial charge in [-0.2, -0.15) is 0 Å². The van der Waals surface area contributed by atoms with Gasteiger partial charge in [-0.25, -0.2) is 9.97 Å². The zero-order chi connectivity index (χ0) is 11.8.